The van der Waals surface area contributed by atoms with E-state index in [-0.39, 0.29) is 11.5 Å². The second kappa shape index (κ2) is 10.4. The fourth-order valence-electron chi connectivity index (χ4n) is 3.72. The zero-order valence-corrected chi connectivity index (χ0v) is 18.9. The van der Waals surface area contributed by atoms with Crippen molar-refractivity contribution in [2.45, 2.75) is 26.4 Å². The van der Waals surface area contributed by atoms with Crippen LogP contribution in [0.4, 0.5) is 0 Å². The molecule has 168 valence electrons. The lowest BCUT2D eigenvalue weighted by Crippen LogP contribution is -2.23. The minimum Gasteiger partial charge on any atom is -0.348 e. The number of aromatic nitrogens is 2. The number of amides is 1. The summed E-state index contributed by atoms with van der Waals surface area (Å²) in [5.41, 5.74) is 5.98. The van der Waals surface area contributed by atoms with Gasteiger partial charge < -0.3 is 9.88 Å². The van der Waals surface area contributed by atoms with Crippen molar-refractivity contribution in [3.05, 3.63) is 135 Å². The number of nitrogens with zero attached hydrogens (tertiary/aromatic N) is 3. The molecule has 1 N–H and O–H groups in total. The molecule has 0 atom stereocenters. The molecule has 0 saturated heterocycles. The molecule has 0 saturated carbocycles. The second-order valence-electron chi connectivity index (χ2n) is 8.13. The molecule has 0 radical (unpaired) electrons. The SMILES string of the molecule is Cc1cc(C#N)ccc1CNC(=O)c1ccnc(Cc2ccc(Cn3ccccc3=O)cc2)c1. The van der Waals surface area contributed by atoms with Crippen LogP contribution in [0.3, 0.4) is 0 Å². The van der Waals surface area contributed by atoms with E-state index in [1.54, 1.807) is 47.3 Å². The minimum absolute atomic E-state index is 0.0276. The third-order valence-electron chi connectivity index (χ3n) is 5.65. The first kappa shape index (κ1) is 22.7. The normalized spacial score (nSPS) is 10.5. The van der Waals surface area contributed by atoms with E-state index in [0.29, 0.717) is 30.6 Å². The number of nitrogens with one attached hydrogen (secondary N) is 1. The molecule has 34 heavy (non-hydrogen) atoms. The Kier molecular flexibility index (Phi) is 6.95. The molecule has 1 amide bonds. The van der Waals surface area contributed by atoms with E-state index in [4.69, 9.17) is 5.26 Å². The smallest absolute Gasteiger partial charge is 0.251 e. The molecular weight excluding hydrogens is 424 g/mol. The van der Waals surface area contributed by atoms with Gasteiger partial charge in [0.25, 0.3) is 11.5 Å². The third kappa shape index (κ3) is 5.64. The van der Waals surface area contributed by atoms with Crippen molar-refractivity contribution in [2.75, 3.05) is 0 Å². The molecule has 2 heterocycles. The molecule has 0 unspecified atom stereocenters. The van der Waals surface area contributed by atoms with Gasteiger partial charge in [0.2, 0.25) is 0 Å². The van der Waals surface area contributed by atoms with E-state index >= 15 is 0 Å². The molecule has 2 aromatic heterocycles. The van der Waals surface area contributed by atoms with E-state index in [1.165, 1.54) is 0 Å². The summed E-state index contributed by atoms with van der Waals surface area (Å²) in [7, 11) is 0. The van der Waals surface area contributed by atoms with Crippen LogP contribution in [-0.2, 0) is 19.5 Å². The quantitative estimate of drug-likeness (QED) is 0.463. The van der Waals surface area contributed by atoms with Crippen LogP contribution in [0.25, 0.3) is 0 Å². The van der Waals surface area contributed by atoms with Crippen LogP contribution in [0, 0.1) is 18.3 Å². The van der Waals surface area contributed by atoms with Gasteiger partial charge >= 0.3 is 0 Å². The van der Waals surface area contributed by atoms with Gasteiger partial charge in [-0.25, -0.2) is 0 Å². The Morgan fingerprint density at radius 1 is 1.03 bits per heavy atom. The van der Waals surface area contributed by atoms with Gasteiger partial charge in [0, 0.05) is 42.7 Å². The van der Waals surface area contributed by atoms with Crippen molar-refractivity contribution in [3.63, 3.8) is 0 Å². The number of benzene rings is 2. The highest BCUT2D eigenvalue weighted by Gasteiger charge is 2.09. The molecule has 4 rings (SSSR count). The fraction of sp³-hybridized carbons (Fsp3) is 0.143. The highest BCUT2D eigenvalue weighted by atomic mass is 16.1. The van der Waals surface area contributed by atoms with Gasteiger partial charge in [0.05, 0.1) is 18.2 Å². The average Bonchev–Trinajstić information content (AvgIpc) is 2.86. The van der Waals surface area contributed by atoms with Crippen LogP contribution in [0.2, 0.25) is 0 Å². The van der Waals surface area contributed by atoms with E-state index in [9.17, 15) is 9.59 Å². The van der Waals surface area contributed by atoms with Gasteiger partial charge in [-0.2, -0.15) is 5.26 Å². The zero-order valence-electron chi connectivity index (χ0n) is 18.9. The van der Waals surface area contributed by atoms with Crippen molar-refractivity contribution in [2.24, 2.45) is 0 Å². The summed E-state index contributed by atoms with van der Waals surface area (Å²) in [6.45, 7) is 2.84. The number of carbonyl (C=O) groups is 1. The Morgan fingerprint density at radius 2 is 1.82 bits per heavy atom. The van der Waals surface area contributed by atoms with Crippen molar-refractivity contribution in [1.29, 1.82) is 5.26 Å². The maximum absolute atomic E-state index is 12.7. The largest absolute Gasteiger partial charge is 0.348 e. The molecule has 2 aromatic carbocycles. The standard InChI is InChI=1S/C28H24N4O2/c1-20-14-23(17-29)9-10-25(20)18-31-28(34)24-11-12-30-26(16-24)15-21-5-7-22(8-6-21)19-32-13-3-2-4-27(32)33/h2-14,16H,15,18-19H2,1H3,(H,31,34). The van der Waals surface area contributed by atoms with Gasteiger partial charge in [-0.15, -0.1) is 0 Å². The zero-order chi connectivity index (χ0) is 23.9. The maximum atomic E-state index is 12.7. The van der Waals surface area contributed by atoms with Crippen molar-refractivity contribution < 1.29 is 4.79 Å². The lowest BCUT2D eigenvalue weighted by molar-refractivity contribution is 0.0950. The van der Waals surface area contributed by atoms with Gasteiger partial charge in [0.1, 0.15) is 0 Å². The van der Waals surface area contributed by atoms with Crippen LogP contribution in [0.15, 0.2) is 90.0 Å². The molecule has 0 fully saturated rings. The summed E-state index contributed by atoms with van der Waals surface area (Å²) >= 11 is 0. The number of rotatable bonds is 7. The third-order valence-corrected chi connectivity index (χ3v) is 5.65. The van der Waals surface area contributed by atoms with Crippen LogP contribution in [-0.4, -0.2) is 15.5 Å². The molecule has 0 aliphatic rings. The predicted molar refractivity (Wildman–Crippen MR) is 130 cm³/mol. The van der Waals surface area contributed by atoms with E-state index in [2.05, 4.69) is 16.4 Å². The number of nitriles is 1. The Balaban J connectivity index is 1.38. The van der Waals surface area contributed by atoms with Crippen molar-refractivity contribution in [3.8, 4) is 6.07 Å². The first-order valence-corrected chi connectivity index (χ1v) is 11.0. The number of carbonyl (C=O) groups excluding carboxylic acids is 1. The molecule has 0 aliphatic heterocycles. The fourth-order valence-corrected chi connectivity index (χ4v) is 3.72. The number of hydrogen-bond donors (Lipinski definition) is 1. The lowest BCUT2D eigenvalue weighted by Gasteiger charge is -2.10. The molecule has 0 spiro atoms. The number of aryl methyl sites for hydroxylation is 1. The van der Waals surface area contributed by atoms with E-state index in [1.807, 2.05) is 49.4 Å². The Labute approximate surface area is 198 Å². The molecule has 0 bridgehead atoms. The summed E-state index contributed by atoms with van der Waals surface area (Å²) in [6.07, 6.45) is 4.02. The van der Waals surface area contributed by atoms with Crippen molar-refractivity contribution >= 4 is 5.91 Å². The van der Waals surface area contributed by atoms with Crippen LogP contribution >= 0.6 is 0 Å². The highest BCUT2D eigenvalue weighted by molar-refractivity contribution is 5.94. The van der Waals surface area contributed by atoms with E-state index in [0.717, 1.165) is 27.9 Å². The topological polar surface area (TPSA) is 87.8 Å². The Hall–Kier alpha value is -4.50. The summed E-state index contributed by atoms with van der Waals surface area (Å²) in [5, 5.41) is 11.9. The van der Waals surface area contributed by atoms with Gasteiger partial charge in [0.15, 0.2) is 0 Å². The highest BCUT2D eigenvalue weighted by Crippen LogP contribution is 2.13. The maximum Gasteiger partial charge on any atom is 0.251 e. The Morgan fingerprint density at radius 3 is 2.56 bits per heavy atom. The molecule has 4 aromatic rings. The van der Waals surface area contributed by atoms with Crippen LogP contribution in [0.5, 0.6) is 0 Å². The van der Waals surface area contributed by atoms with Gasteiger partial charge in [-0.1, -0.05) is 36.4 Å². The number of pyridine rings is 2. The van der Waals surface area contributed by atoms with Crippen LogP contribution in [0.1, 0.15) is 43.9 Å². The molecular formula is C28H24N4O2. The van der Waals surface area contributed by atoms with Gasteiger partial charge in [-0.05, 0) is 59.5 Å². The summed E-state index contributed by atoms with van der Waals surface area (Å²) in [4.78, 5) is 29.0. The first-order valence-electron chi connectivity index (χ1n) is 11.0. The lowest BCUT2D eigenvalue weighted by atomic mass is 10.0. The van der Waals surface area contributed by atoms with Crippen molar-refractivity contribution in [1.82, 2.24) is 14.9 Å². The molecule has 0 aliphatic carbocycles. The predicted octanol–water partition coefficient (Wildman–Crippen LogP) is 3.99. The van der Waals surface area contributed by atoms with Gasteiger partial charge in [-0.3, -0.25) is 14.6 Å². The van der Waals surface area contributed by atoms with Crippen LogP contribution < -0.4 is 10.9 Å². The molecule has 6 heteroatoms. The Bertz CT molecular complexity index is 1420. The number of hydrogen-bond acceptors (Lipinski definition) is 4. The minimum atomic E-state index is -0.170. The first-order chi connectivity index (χ1) is 16.5. The average molecular weight is 449 g/mol. The van der Waals surface area contributed by atoms with E-state index < -0.39 is 0 Å². The summed E-state index contributed by atoms with van der Waals surface area (Å²) in [5.74, 6) is -0.170. The summed E-state index contributed by atoms with van der Waals surface area (Å²) in [6, 6.07) is 24.2. The monoisotopic (exact) mass is 448 g/mol. The second-order valence-corrected chi connectivity index (χ2v) is 8.13. The summed E-state index contributed by atoms with van der Waals surface area (Å²) < 4.78 is 1.66. The molecule has 6 nitrogen and oxygen atoms in total.